The number of nitrogens with one attached hydrogen (secondary N) is 1. The van der Waals surface area contributed by atoms with Crippen molar-refractivity contribution in [2.75, 3.05) is 13.7 Å². The molecule has 3 nitrogen and oxygen atoms in total. The molecule has 1 atom stereocenters. The van der Waals surface area contributed by atoms with Crippen LogP contribution in [0.25, 0.3) is 6.08 Å². The van der Waals surface area contributed by atoms with Gasteiger partial charge in [0.15, 0.2) is 0 Å². The van der Waals surface area contributed by atoms with Crippen LogP contribution in [0.3, 0.4) is 0 Å². The second-order valence-corrected chi connectivity index (χ2v) is 4.19. The van der Waals surface area contributed by atoms with E-state index in [1.807, 2.05) is 24.4 Å². The normalized spacial score (nSPS) is 12.9. The first kappa shape index (κ1) is 11.9. The van der Waals surface area contributed by atoms with Gasteiger partial charge in [-0.15, -0.1) is 11.3 Å². The van der Waals surface area contributed by atoms with E-state index in [0.29, 0.717) is 6.61 Å². The summed E-state index contributed by atoms with van der Waals surface area (Å²) in [7, 11) is 1.62. The van der Waals surface area contributed by atoms with E-state index in [2.05, 4.69) is 5.32 Å². The summed E-state index contributed by atoms with van der Waals surface area (Å²) >= 11 is 1.60. The highest BCUT2D eigenvalue weighted by Gasteiger charge is 2.02. The zero-order valence-electron chi connectivity index (χ0n) is 8.90. The number of hydrogen-bond acceptors (Lipinski definition) is 3. The van der Waals surface area contributed by atoms with Gasteiger partial charge in [-0.1, -0.05) is 6.07 Å². The molecule has 1 rings (SSSR count). The molecule has 0 radical (unpaired) electrons. The first-order valence-corrected chi connectivity index (χ1v) is 5.61. The molecule has 82 valence electrons. The zero-order chi connectivity index (χ0) is 11.1. The average molecular weight is 225 g/mol. The van der Waals surface area contributed by atoms with Gasteiger partial charge in [-0.3, -0.25) is 4.79 Å². The lowest BCUT2D eigenvalue weighted by atomic mass is 10.3. The van der Waals surface area contributed by atoms with Crippen LogP contribution in [-0.4, -0.2) is 25.7 Å². The van der Waals surface area contributed by atoms with Crippen molar-refractivity contribution in [3.8, 4) is 0 Å². The maximum Gasteiger partial charge on any atom is 0.244 e. The number of hydrogen-bond donors (Lipinski definition) is 1. The van der Waals surface area contributed by atoms with Gasteiger partial charge >= 0.3 is 0 Å². The molecule has 1 amide bonds. The van der Waals surface area contributed by atoms with Crippen LogP contribution >= 0.6 is 11.3 Å². The number of methoxy groups -OCH3 is 1. The monoisotopic (exact) mass is 225 g/mol. The van der Waals surface area contributed by atoms with Crippen molar-refractivity contribution >= 4 is 23.3 Å². The molecular formula is C11H15NO2S. The summed E-state index contributed by atoms with van der Waals surface area (Å²) < 4.78 is 4.92. The van der Waals surface area contributed by atoms with Crippen molar-refractivity contribution < 1.29 is 9.53 Å². The second-order valence-electron chi connectivity index (χ2n) is 3.21. The topological polar surface area (TPSA) is 38.3 Å². The first-order chi connectivity index (χ1) is 7.22. The first-order valence-electron chi connectivity index (χ1n) is 4.73. The predicted octanol–water partition coefficient (Wildman–Crippen LogP) is 1.91. The van der Waals surface area contributed by atoms with Gasteiger partial charge in [0.05, 0.1) is 6.61 Å². The summed E-state index contributed by atoms with van der Waals surface area (Å²) in [4.78, 5) is 12.4. The maximum atomic E-state index is 11.4. The van der Waals surface area contributed by atoms with Gasteiger partial charge in [0, 0.05) is 24.1 Å². The van der Waals surface area contributed by atoms with Gasteiger partial charge < -0.3 is 10.1 Å². The molecule has 0 spiro atoms. The molecule has 0 bridgehead atoms. The molecule has 0 aliphatic rings. The van der Waals surface area contributed by atoms with E-state index in [4.69, 9.17) is 4.74 Å². The van der Waals surface area contributed by atoms with E-state index in [9.17, 15) is 4.79 Å². The minimum absolute atomic E-state index is 0.0375. The van der Waals surface area contributed by atoms with Crippen LogP contribution < -0.4 is 5.32 Å². The summed E-state index contributed by atoms with van der Waals surface area (Å²) in [5.74, 6) is -0.0899. The third-order valence-corrected chi connectivity index (χ3v) is 2.59. The van der Waals surface area contributed by atoms with E-state index >= 15 is 0 Å². The van der Waals surface area contributed by atoms with Crippen molar-refractivity contribution in [3.63, 3.8) is 0 Å². The molecule has 0 aliphatic carbocycles. The van der Waals surface area contributed by atoms with Gasteiger partial charge in [0.25, 0.3) is 0 Å². The standard InChI is InChI=1S/C11H15NO2S/c1-9(8-14-2)12-11(13)6-5-10-4-3-7-15-10/h3-7,9H,8H2,1-2H3,(H,12,13). The third-order valence-electron chi connectivity index (χ3n) is 1.75. The van der Waals surface area contributed by atoms with E-state index in [1.165, 1.54) is 6.08 Å². The van der Waals surface area contributed by atoms with Gasteiger partial charge in [0.2, 0.25) is 5.91 Å². The van der Waals surface area contributed by atoms with Crippen molar-refractivity contribution in [1.29, 1.82) is 0 Å². The van der Waals surface area contributed by atoms with Crippen LogP contribution in [0.4, 0.5) is 0 Å². The van der Waals surface area contributed by atoms with Gasteiger partial charge in [0.1, 0.15) is 0 Å². The lowest BCUT2D eigenvalue weighted by Gasteiger charge is -2.10. The second kappa shape index (κ2) is 6.37. The van der Waals surface area contributed by atoms with Crippen LogP contribution in [-0.2, 0) is 9.53 Å². The van der Waals surface area contributed by atoms with Crippen molar-refractivity contribution in [1.82, 2.24) is 5.32 Å². The van der Waals surface area contributed by atoms with Crippen LogP contribution in [0.2, 0.25) is 0 Å². The summed E-state index contributed by atoms with van der Waals surface area (Å²) in [6.07, 6.45) is 3.34. The molecule has 0 saturated carbocycles. The summed E-state index contributed by atoms with van der Waals surface area (Å²) in [6.45, 7) is 2.43. The molecule has 15 heavy (non-hydrogen) atoms. The molecule has 0 fully saturated rings. The molecule has 1 aromatic rings. The van der Waals surface area contributed by atoms with Gasteiger partial charge in [-0.25, -0.2) is 0 Å². The summed E-state index contributed by atoms with van der Waals surface area (Å²) in [6, 6.07) is 3.96. The lowest BCUT2D eigenvalue weighted by Crippen LogP contribution is -2.34. The van der Waals surface area contributed by atoms with Crippen LogP contribution in [0.1, 0.15) is 11.8 Å². The maximum absolute atomic E-state index is 11.4. The van der Waals surface area contributed by atoms with E-state index < -0.39 is 0 Å². The molecule has 1 heterocycles. The molecule has 0 saturated heterocycles. The van der Waals surface area contributed by atoms with Gasteiger partial charge in [-0.2, -0.15) is 0 Å². The highest BCUT2D eigenvalue weighted by Crippen LogP contribution is 2.09. The van der Waals surface area contributed by atoms with Crippen molar-refractivity contribution in [3.05, 3.63) is 28.5 Å². The Labute approximate surface area is 93.8 Å². The predicted molar refractivity (Wildman–Crippen MR) is 62.8 cm³/mol. The Morgan fingerprint density at radius 2 is 2.53 bits per heavy atom. The quantitative estimate of drug-likeness (QED) is 0.777. The Bertz CT molecular complexity index is 319. The lowest BCUT2D eigenvalue weighted by molar-refractivity contribution is -0.117. The molecule has 4 heteroatoms. The fourth-order valence-corrected chi connectivity index (χ4v) is 1.74. The fourth-order valence-electron chi connectivity index (χ4n) is 1.13. The molecule has 1 unspecified atom stereocenters. The molecule has 1 N–H and O–H groups in total. The Morgan fingerprint density at radius 1 is 1.73 bits per heavy atom. The van der Waals surface area contributed by atoms with Crippen LogP contribution in [0.15, 0.2) is 23.6 Å². The van der Waals surface area contributed by atoms with Gasteiger partial charge in [-0.05, 0) is 24.4 Å². The molecule has 1 aromatic heterocycles. The minimum Gasteiger partial charge on any atom is -0.383 e. The Morgan fingerprint density at radius 3 is 3.13 bits per heavy atom. The van der Waals surface area contributed by atoms with E-state index in [-0.39, 0.29) is 11.9 Å². The number of rotatable bonds is 5. The van der Waals surface area contributed by atoms with E-state index in [1.54, 1.807) is 24.5 Å². The Kier molecular flexibility index (Phi) is 5.07. The minimum atomic E-state index is -0.0899. The Balaban J connectivity index is 2.36. The van der Waals surface area contributed by atoms with Crippen LogP contribution in [0, 0.1) is 0 Å². The largest absolute Gasteiger partial charge is 0.383 e. The molecular weight excluding hydrogens is 210 g/mol. The summed E-state index contributed by atoms with van der Waals surface area (Å²) in [5, 5.41) is 4.77. The van der Waals surface area contributed by atoms with Crippen molar-refractivity contribution in [2.45, 2.75) is 13.0 Å². The fraction of sp³-hybridized carbons (Fsp3) is 0.364. The Hall–Kier alpha value is -1.13. The van der Waals surface area contributed by atoms with Crippen LogP contribution in [0.5, 0.6) is 0 Å². The number of ether oxygens (including phenoxy) is 1. The molecule has 0 aromatic carbocycles. The SMILES string of the molecule is COCC(C)NC(=O)C=Cc1cccs1. The van der Waals surface area contributed by atoms with E-state index in [0.717, 1.165) is 4.88 Å². The average Bonchev–Trinajstić information content (AvgIpc) is 2.67. The highest BCUT2D eigenvalue weighted by molar-refractivity contribution is 7.10. The summed E-state index contributed by atoms with van der Waals surface area (Å²) in [5.41, 5.74) is 0. The zero-order valence-corrected chi connectivity index (χ0v) is 9.71. The number of amides is 1. The number of thiophene rings is 1. The number of carbonyl (C=O) groups excluding carboxylic acids is 1. The number of carbonyl (C=O) groups is 1. The third kappa shape index (κ3) is 4.76. The van der Waals surface area contributed by atoms with Crippen molar-refractivity contribution in [2.24, 2.45) is 0 Å². The smallest absolute Gasteiger partial charge is 0.244 e. The molecule has 0 aliphatic heterocycles. The highest BCUT2D eigenvalue weighted by atomic mass is 32.1.